The molecule has 1 aromatic heterocycles. The molecule has 0 saturated heterocycles. The van der Waals surface area contributed by atoms with Crippen molar-refractivity contribution in [2.45, 2.75) is 39.3 Å². The predicted molar refractivity (Wildman–Crippen MR) is 124 cm³/mol. The lowest BCUT2D eigenvalue weighted by molar-refractivity contribution is -0.111. The Hall–Kier alpha value is -3.68. The fourth-order valence-electron chi connectivity index (χ4n) is 3.67. The lowest BCUT2D eigenvalue weighted by Crippen LogP contribution is -2.28. The van der Waals surface area contributed by atoms with E-state index in [-0.39, 0.29) is 5.56 Å². The van der Waals surface area contributed by atoms with Crippen LogP contribution in [-0.4, -0.2) is 24.2 Å². The van der Waals surface area contributed by atoms with Gasteiger partial charge in [-0.25, -0.2) is 13.2 Å². The summed E-state index contributed by atoms with van der Waals surface area (Å²) in [6, 6.07) is 9.86. The van der Waals surface area contributed by atoms with Crippen LogP contribution in [0.3, 0.4) is 0 Å². The molecule has 0 bridgehead atoms. The van der Waals surface area contributed by atoms with E-state index in [9.17, 15) is 22.8 Å². The monoisotopic (exact) mass is 469 g/mol. The topological polar surface area (TPSA) is 62.3 Å². The average molecular weight is 470 g/mol. The molecule has 0 saturated carbocycles. The zero-order valence-corrected chi connectivity index (χ0v) is 19.5. The quantitative estimate of drug-likeness (QED) is 0.479. The van der Waals surface area contributed by atoms with E-state index in [1.807, 2.05) is 31.0 Å². The minimum atomic E-state index is -1.08. The molecule has 5 nitrogen and oxygen atoms in total. The largest absolute Gasteiger partial charge is 0.370 e. The van der Waals surface area contributed by atoms with Gasteiger partial charge in [-0.3, -0.25) is 9.78 Å². The summed E-state index contributed by atoms with van der Waals surface area (Å²) in [4.78, 5) is 30.7. The molecular weight excluding hydrogens is 443 g/mol. The third-order valence-corrected chi connectivity index (χ3v) is 5.57. The van der Waals surface area contributed by atoms with Crippen LogP contribution in [0, 0.1) is 24.4 Å². The Balaban J connectivity index is 1.90. The number of halogens is 3. The van der Waals surface area contributed by atoms with Crippen LogP contribution in [0.4, 0.5) is 18.9 Å². The second-order valence-corrected chi connectivity index (χ2v) is 8.76. The summed E-state index contributed by atoms with van der Waals surface area (Å²) in [6.45, 7) is 5.51. The fraction of sp³-hybridized carbons (Fsp3) is 0.269. The molecule has 1 heterocycles. The van der Waals surface area contributed by atoms with Crippen LogP contribution < -0.4 is 10.2 Å². The molecule has 178 valence electrons. The molecule has 3 rings (SSSR count). The first-order valence-electron chi connectivity index (χ1n) is 10.7. The maximum absolute atomic E-state index is 13.9. The number of hydrogen-bond acceptors (Lipinski definition) is 4. The number of hydrogen-bond donors (Lipinski definition) is 1. The van der Waals surface area contributed by atoms with E-state index < -0.39 is 40.9 Å². The van der Waals surface area contributed by atoms with Crippen LogP contribution in [-0.2, 0) is 23.3 Å². The normalized spacial score (nSPS) is 11.3. The molecule has 0 radical (unpaired) electrons. The number of anilines is 1. The van der Waals surface area contributed by atoms with Crippen LogP contribution in [0.15, 0.2) is 48.7 Å². The van der Waals surface area contributed by atoms with Gasteiger partial charge in [0.05, 0.1) is 0 Å². The van der Waals surface area contributed by atoms with E-state index in [0.29, 0.717) is 24.4 Å². The number of aldehydes is 1. The number of aryl methyl sites for hydroxylation is 1. The van der Waals surface area contributed by atoms with Crippen LogP contribution in [0.25, 0.3) is 0 Å². The Kier molecular flexibility index (Phi) is 7.39. The third kappa shape index (κ3) is 5.62. The Morgan fingerprint density at radius 1 is 1.09 bits per heavy atom. The molecule has 34 heavy (non-hydrogen) atoms. The summed E-state index contributed by atoms with van der Waals surface area (Å²) in [5, 5.41) is 2.47. The van der Waals surface area contributed by atoms with E-state index in [0.717, 1.165) is 23.1 Å². The Morgan fingerprint density at radius 2 is 1.76 bits per heavy atom. The van der Waals surface area contributed by atoms with E-state index in [1.165, 1.54) is 0 Å². The summed E-state index contributed by atoms with van der Waals surface area (Å²) in [5.41, 5.74) is 2.27. The molecule has 1 N–H and O–H groups in total. The zero-order valence-electron chi connectivity index (χ0n) is 19.5. The number of aromatic nitrogens is 1. The van der Waals surface area contributed by atoms with Crippen molar-refractivity contribution in [3.05, 3.63) is 94.1 Å². The van der Waals surface area contributed by atoms with Gasteiger partial charge < -0.3 is 15.0 Å². The van der Waals surface area contributed by atoms with Crippen molar-refractivity contribution in [1.29, 1.82) is 0 Å². The van der Waals surface area contributed by atoms with Gasteiger partial charge in [0.2, 0.25) is 0 Å². The molecule has 0 aliphatic carbocycles. The van der Waals surface area contributed by atoms with Crippen molar-refractivity contribution in [1.82, 2.24) is 10.3 Å². The third-order valence-electron chi connectivity index (χ3n) is 5.57. The van der Waals surface area contributed by atoms with Gasteiger partial charge in [0.1, 0.15) is 23.7 Å². The summed E-state index contributed by atoms with van der Waals surface area (Å²) in [6.07, 6.45) is 2.56. The number of benzene rings is 2. The highest BCUT2D eigenvalue weighted by molar-refractivity contribution is 5.95. The van der Waals surface area contributed by atoms with Gasteiger partial charge in [-0.05, 0) is 56.2 Å². The summed E-state index contributed by atoms with van der Waals surface area (Å²) in [7, 11) is 1.85. The Labute approximate surface area is 196 Å². The summed E-state index contributed by atoms with van der Waals surface area (Å²) < 4.78 is 41.0. The van der Waals surface area contributed by atoms with Crippen LogP contribution >= 0.6 is 0 Å². The number of amides is 1. The van der Waals surface area contributed by atoms with Gasteiger partial charge in [-0.1, -0.05) is 6.07 Å². The highest BCUT2D eigenvalue weighted by Gasteiger charge is 2.26. The molecule has 3 aromatic rings. The number of pyridine rings is 1. The van der Waals surface area contributed by atoms with Crippen LogP contribution in [0.2, 0.25) is 0 Å². The van der Waals surface area contributed by atoms with Gasteiger partial charge in [-0.15, -0.1) is 0 Å². The lowest BCUT2D eigenvalue weighted by atomic mass is 9.84. The molecule has 0 spiro atoms. The van der Waals surface area contributed by atoms with E-state index >= 15 is 0 Å². The molecule has 0 aliphatic heterocycles. The van der Waals surface area contributed by atoms with Crippen molar-refractivity contribution in [2.24, 2.45) is 0 Å². The maximum Gasteiger partial charge on any atom is 0.251 e. The molecule has 0 aliphatic rings. The number of nitrogens with one attached hydrogen (secondary N) is 1. The first-order valence-corrected chi connectivity index (χ1v) is 10.7. The minimum Gasteiger partial charge on any atom is -0.370 e. The van der Waals surface area contributed by atoms with E-state index in [1.54, 1.807) is 38.2 Å². The maximum atomic E-state index is 13.9. The molecule has 1 amide bonds. The van der Waals surface area contributed by atoms with Gasteiger partial charge in [0.15, 0.2) is 0 Å². The Bertz CT molecular complexity index is 1200. The first-order chi connectivity index (χ1) is 16.0. The van der Waals surface area contributed by atoms with E-state index in [4.69, 9.17) is 0 Å². The molecule has 0 fully saturated rings. The Morgan fingerprint density at radius 3 is 2.38 bits per heavy atom. The van der Waals surface area contributed by atoms with Crippen molar-refractivity contribution in [3.63, 3.8) is 0 Å². The minimum absolute atomic E-state index is 0.251. The average Bonchev–Trinajstić information content (AvgIpc) is 2.77. The van der Waals surface area contributed by atoms with E-state index in [2.05, 4.69) is 10.3 Å². The number of rotatable bonds is 8. The van der Waals surface area contributed by atoms with Crippen molar-refractivity contribution in [2.75, 3.05) is 11.9 Å². The number of nitrogens with zero attached hydrogens (tertiary/aromatic N) is 2. The van der Waals surface area contributed by atoms with Gasteiger partial charge in [-0.2, -0.15) is 0 Å². The van der Waals surface area contributed by atoms with Gasteiger partial charge >= 0.3 is 0 Å². The number of carbonyl (C=O) groups excluding carboxylic acids is 2. The highest BCUT2D eigenvalue weighted by Crippen LogP contribution is 2.32. The van der Waals surface area contributed by atoms with Crippen molar-refractivity contribution >= 4 is 17.9 Å². The summed E-state index contributed by atoms with van der Waals surface area (Å²) in [5.74, 6) is -3.74. The second-order valence-electron chi connectivity index (χ2n) is 8.76. The summed E-state index contributed by atoms with van der Waals surface area (Å²) >= 11 is 0. The molecular formula is C26H26F3N3O2. The fourth-order valence-corrected chi connectivity index (χ4v) is 3.67. The predicted octanol–water partition coefficient (Wildman–Crippen LogP) is 4.85. The first kappa shape index (κ1) is 25.0. The van der Waals surface area contributed by atoms with Crippen molar-refractivity contribution < 1.29 is 22.8 Å². The zero-order chi connectivity index (χ0) is 25.0. The number of carbonyl (C=O) groups is 2. The molecule has 2 aromatic carbocycles. The van der Waals surface area contributed by atoms with Crippen LogP contribution in [0.5, 0.6) is 0 Å². The molecule has 0 unspecified atom stereocenters. The van der Waals surface area contributed by atoms with Crippen molar-refractivity contribution in [3.8, 4) is 0 Å². The van der Waals surface area contributed by atoms with Gasteiger partial charge in [0, 0.05) is 66.4 Å². The second kappa shape index (κ2) is 10.1. The van der Waals surface area contributed by atoms with Crippen LogP contribution in [0.1, 0.15) is 46.6 Å². The molecule has 8 heteroatoms. The highest BCUT2D eigenvalue weighted by atomic mass is 19.1. The molecule has 0 atom stereocenters. The smallest absolute Gasteiger partial charge is 0.251 e. The lowest BCUT2D eigenvalue weighted by Gasteiger charge is -2.29. The van der Waals surface area contributed by atoms with Gasteiger partial charge in [0.25, 0.3) is 5.91 Å². The standard InChI is InChI=1S/C26H26F3N3O2/c1-16-9-17(7-8-30-16)14-32(4)24-10-18(5-6-21(24)26(2,3)15-33)25(34)31-13-20-22(28)11-19(27)12-23(20)29/h5-12,15H,13-14H2,1-4H3,(H,31,34). The SMILES string of the molecule is Cc1cc(CN(C)c2cc(C(=O)NCc3c(F)cc(F)cc3F)ccc2C(C)(C)C=O)ccn1.